The molecule has 0 bridgehead atoms. The van der Waals surface area contributed by atoms with Gasteiger partial charge in [-0.2, -0.15) is 0 Å². The average Bonchev–Trinajstić information content (AvgIpc) is 2.29. The molecule has 0 saturated carbocycles. The molecule has 0 aromatic heterocycles. The molecule has 17 heavy (non-hydrogen) atoms. The fourth-order valence-electron chi connectivity index (χ4n) is 1.10. The third-order valence-electron chi connectivity index (χ3n) is 2.27. The van der Waals surface area contributed by atoms with Crippen LogP contribution in [0, 0.1) is 5.92 Å². The Morgan fingerprint density at radius 1 is 1.24 bits per heavy atom. The van der Waals surface area contributed by atoms with Gasteiger partial charge in [-0.05, 0) is 6.42 Å². The minimum absolute atomic E-state index is 0.0810. The van der Waals surface area contributed by atoms with Crippen molar-refractivity contribution >= 4 is 17.9 Å². The van der Waals surface area contributed by atoms with Crippen LogP contribution < -0.4 is 16.0 Å². The van der Waals surface area contributed by atoms with Gasteiger partial charge < -0.3 is 21.1 Å². The van der Waals surface area contributed by atoms with Gasteiger partial charge in [0.25, 0.3) is 0 Å². The van der Waals surface area contributed by atoms with Crippen LogP contribution in [0.4, 0.5) is 4.79 Å². The van der Waals surface area contributed by atoms with E-state index in [-0.39, 0.29) is 25.4 Å². The highest BCUT2D eigenvalue weighted by atomic mass is 16.4. The zero-order valence-corrected chi connectivity index (χ0v) is 10.1. The number of hydrogen-bond donors (Lipinski definition) is 4. The Kier molecular flexibility index (Phi) is 7.49. The molecule has 0 aliphatic heterocycles. The van der Waals surface area contributed by atoms with Gasteiger partial charge in [-0.3, -0.25) is 9.59 Å². The Morgan fingerprint density at radius 2 is 1.88 bits per heavy atom. The van der Waals surface area contributed by atoms with Crippen LogP contribution in [-0.4, -0.2) is 43.2 Å². The standard InChI is InChI=1S/C10H19N3O4/c1-3-7(9(15)16)6-13-10(17)12-5-4-8(14)11-2/h7H,3-6H2,1-2H3,(H,11,14)(H,15,16)(H2,12,13,17). The number of aliphatic carboxylic acids is 1. The fourth-order valence-corrected chi connectivity index (χ4v) is 1.10. The summed E-state index contributed by atoms with van der Waals surface area (Å²) >= 11 is 0. The number of carbonyl (C=O) groups excluding carboxylic acids is 2. The molecule has 7 heteroatoms. The molecular formula is C10H19N3O4. The second-order valence-electron chi connectivity index (χ2n) is 3.50. The van der Waals surface area contributed by atoms with Crippen molar-refractivity contribution in [3.8, 4) is 0 Å². The highest BCUT2D eigenvalue weighted by Gasteiger charge is 2.15. The van der Waals surface area contributed by atoms with E-state index < -0.39 is 17.9 Å². The van der Waals surface area contributed by atoms with E-state index in [2.05, 4.69) is 16.0 Å². The maximum atomic E-state index is 11.2. The van der Waals surface area contributed by atoms with Gasteiger partial charge in [0.15, 0.2) is 0 Å². The van der Waals surface area contributed by atoms with Crippen molar-refractivity contribution in [3.63, 3.8) is 0 Å². The predicted octanol–water partition coefficient (Wildman–Crippen LogP) is -0.467. The molecule has 0 heterocycles. The van der Waals surface area contributed by atoms with Crippen molar-refractivity contribution in [2.24, 2.45) is 5.92 Å². The van der Waals surface area contributed by atoms with Crippen LogP contribution in [0.5, 0.6) is 0 Å². The fraction of sp³-hybridized carbons (Fsp3) is 0.700. The summed E-state index contributed by atoms with van der Waals surface area (Å²) < 4.78 is 0. The highest BCUT2D eigenvalue weighted by Crippen LogP contribution is 1.99. The molecule has 3 amide bonds. The predicted molar refractivity (Wildman–Crippen MR) is 61.5 cm³/mol. The first-order chi connectivity index (χ1) is 8.01. The largest absolute Gasteiger partial charge is 0.481 e. The molecule has 7 nitrogen and oxygen atoms in total. The normalized spacial score (nSPS) is 11.4. The van der Waals surface area contributed by atoms with Crippen molar-refractivity contribution in [3.05, 3.63) is 0 Å². The molecule has 0 saturated heterocycles. The zero-order chi connectivity index (χ0) is 13.3. The monoisotopic (exact) mass is 245 g/mol. The van der Waals surface area contributed by atoms with Crippen LogP contribution in [-0.2, 0) is 9.59 Å². The van der Waals surface area contributed by atoms with Crippen LogP contribution in [0.2, 0.25) is 0 Å². The molecule has 1 unspecified atom stereocenters. The number of rotatable bonds is 7. The highest BCUT2D eigenvalue weighted by molar-refractivity contribution is 5.78. The number of urea groups is 1. The van der Waals surface area contributed by atoms with Gasteiger partial charge in [0.05, 0.1) is 5.92 Å². The molecule has 0 aliphatic rings. The molecule has 0 spiro atoms. The number of carboxylic acids is 1. The van der Waals surface area contributed by atoms with Crippen LogP contribution in [0.15, 0.2) is 0 Å². The van der Waals surface area contributed by atoms with Crippen molar-refractivity contribution in [2.75, 3.05) is 20.1 Å². The number of nitrogens with one attached hydrogen (secondary N) is 3. The van der Waals surface area contributed by atoms with Gasteiger partial charge in [-0.1, -0.05) is 6.92 Å². The lowest BCUT2D eigenvalue weighted by molar-refractivity contribution is -0.141. The summed E-state index contributed by atoms with van der Waals surface area (Å²) in [6, 6.07) is -0.464. The second kappa shape index (κ2) is 8.37. The van der Waals surface area contributed by atoms with E-state index in [1.165, 1.54) is 7.05 Å². The lowest BCUT2D eigenvalue weighted by Crippen LogP contribution is -2.40. The Balaban J connectivity index is 3.72. The summed E-state index contributed by atoms with van der Waals surface area (Å²) in [6.07, 6.45) is 0.647. The first-order valence-corrected chi connectivity index (χ1v) is 5.46. The van der Waals surface area contributed by atoms with Crippen LogP contribution in [0.25, 0.3) is 0 Å². The second-order valence-corrected chi connectivity index (χ2v) is 3.50. The van der Waals surface area contributed by atoms with Gasteiger partial charge in [-0.15, -0.1) is 0 Å². The Bertz CT molecular complexity index is 281. The Morgan fingerprint density at radius 3 is 2.35 bits per heavy atom. The van der Waals surface area contributed by atoms with E-state index in [0.717, 1.165) is 0 Å². The minimum atomic E-state index is -0.932. The maximum Gasteiger partial charge on any atom is 0.314 e. The molecule has 0 aromatic carbocycles. The van der Waals surface area contributed by atoms with Crippen LogP contribution in [0.1, 0.15) is 19.8 Å². The summed E-state index contributed by atoms with van der Waals surface area (Å²) in [6.45, 7) is 2.04. The SMILES string of the molecule is CCC(CNC(=O)NCCC(=O)NC)C(=O)O. The molecule has 98 valence electrons. The number of carbonyl (C=O) groups is 3. The topological polar surface area (TPSA) is 108 Å². The average molecular weight is 245 g/mol. The summed E-state index contributed by atoms with van der Waals surface area (Å²) in [5.74, 6) is -1.68. The molecule has 4 N–H and O–H groups in total. The van der Waals surface area contributed by atoms with E-state index in [9.17, 15) is 14.4 Å². The molecule has 1 atom stereocenters. The first kappa shape index (κ1) is 15.2. The van der Waals surface area contributed by atoms with Crippen molar-refractivity contribution in [1.82, 2.24) is 16.0 Å². The maximum absolute atomic E-state index is 11.2. The van der Waals surface area contributed by atoms with Crippen molar-refractivity contribution in [2.45, 2.75) is 19.8 Å². The third-order valence-corrected chi connectivity index (χ3v) is 2.27. The van der Waals surface area contributed by atoms with E-state index in [4.69, 9.17) is 5.11 Å². The molecule has 0 radical (unpaired) electrons. The van der Waals surface area contributed by atoms with E-state index in [0.29, 0.717) is 6.42 Å². The van der Waals surface area contributed by atoms with Gasteiger partial charge in [0, 0.05) is 26.6 Å². The molecule has 0 aromatic rings. The third kappa shape index (κ3) is 7.15. The van der Waals surface area contributed by atoms with Gasteiger partial charge in [-0.25, -0.2) is 4.79 Å². The molecule has 0 fully saturated rings. The summed E-state index contributed by atoms with van der Waals surface area (Å²) in [5, 5.41) is 16.1. The first-order valence-electron chi connectivity index (χ1n) is 5.46. The zero-order valence-electron chi connectivity index (χ0n) is 10.1. The van der Waals surface area contributed by atoms with E-state index >= 15 is 0 Å². The Labute approximate surface area is 100.0 Å². The molecule has 0 aliphatic carbocycles. The van der Waals surface area contributed by atoms with Gasteiger partial charge in [0.1, 0.15) is 0 Å². The summed E-state index contributed by atoms with van der Waals surface area (Å²) in [7, 11) is 1.51. The molecular weight excluding hydrogens is 226 g/mol. The minimum Gasteiger partial charge on any atom is -0.481 e. The summed E-state index contributed by atoms with van der Waals surface area (Å²) in [5.41, 5.74) is 0. The van der Waals surface area contributed by atoms with Crippen LogP contribution >= 0.6 is 0 Å². The smallest absolute Gasteiger partial charge is 0.314 e. The van der Waals surface area contributed by atoms with Gasteiger partial charge >= 0.3 is 12.0 Å². The quantitative estimate of drug-likeness (QED) is 0.486. The number of amides is 3. The van der Waals surface area contributed by atoms with Crippen molar-refractivity contribution < 1.29 is 19.5 Å². The van der Waals surface area contributed by atoms with Crippen LogP contribution in [0.3, 0.4) is 0 Å². The lowest BCUT2D eigenvalue weighted by Gasteiger charge is -2.11. The van der Waals surface area contributed by atoms with Crippen molar-refractivity contribution in [1.29, 1.82) is 0 Å². The lowest BCUT2D eigenvalue weighted by atomic mass is 10.1. The number of carboxylic acid groups (broad SMARTS) is 1. The van der Waals surface area contributed by atoms with Gasteiger partial charge in [0.2, 0.25) is 5.91 Å². The molecule has 0 rings (SSSR count). The number of hydrogen-bond acceptors (Lipinski definition) is 3. The van der Waals surface area contributed by atoms with E-state index in [1.54, 1.807) is 6.92 Å². The van der Waals surface area contributed by atoms with E-state index in [1.807, 2.05) is 0 Å². The Hall–Kier alpha value is -1.79. The summed E-state index contributed by atoms with van der Waals surface area (Å²) in [4.78, 5) is 32.7.